The van der Waals surface area contributed by atoms with E-state index in [-0.39, 0.29) is 24.7 Å². The number of alkyl halides is 3. The second kappa shape index (κ2) is 7.76. The van der Waals surface area contributed by atoms with Crippen molar-refractivity contribution < 1.29 is 17.6 Å². The Morgan fingerprint density at radius 1 is 1.27 bits per heavy atom. The number of aromatic nitrogens is 2. The molecule has 0 amide bonds. The molecule has 0 aliphatic heterocycles. The van der Waals surface area contributed by atoms with Gasteiger partial charge in [0.1, 0.15) is 5.82 Å². The second-order valence-corrected chi connectivity index (χ2v) is 9.39. The predicted octanol–water partition coefficient (Wildman–Crippen LogP) is 6.80. The van der Waals surface area contributed by atoms with E-state index in [9.17, 15) is 17.6 Å². The van der Waals surface area contributed by atoms with Gasteiger partial charge in [-0.05, 0) is 79.0 Å². The van der Waals surface area contributed by atoms with E-state index in [0.717, 1.165) is 22.5 Å². The summed E-state index contributed by atoms with van der Waals surface area (Å²) in [5, 5.41) is 8.07. The molecule has 1 heterocycles. The monoisotopic (exact) mass is 457 g/mol. The molecule has 0 unspecified atom stereocenters. The van der Waals surface area contributed by atoms with Gasteiger partial charge < -0.3 is 0 Å². The molecule has 5 nitrogen and oxygen atoms in total. The van der Waals surface area contributed by atoms with Crippen LogP contribution in [0.25, 0.3) is 22.2 Å². The maximum Gasteiger partial charge on any atom is 0.392 e. The minimum Gasteiger partial charge on any atom is -0.233 e. The smallest absolute Gasteiger partial charge is 0.233 e. The molecule has 5 rings (SSSR count). The Bertz CT molecular complexity index is 1190. The van der Waals surface area contributed by atoms with Gasteiger partial charge in [0.25, 0.3) is 0 Å². The molecule has 0 N–H and O–H groups in total. The van der Waals surface area contributed by atoms with Crippen molar-refractivity contribution in [1.82, 2.24) is 9.78 Å². The van der Waals surface area contributed by atoms with E-state index >= 15 is 0 Å². The van der Waals surface area contributed by atoms with Crippen LogP contribution in [0, 0.1) is 29.0 Å². The summed E-state index contributed by atoms with van der Waals surface area (Å²) in [6.07, 6.45) is 3.16. The van der Waals surface area contributed by atoms with Crippen LogP contribution < -0.4 is 0 Å². The lowest BCUT2D eigenvalue weighted by atomic mass is 9.54. The maximum absolute atomic E-state index is 13.8. The van der Waals surface area contributed by atoms with E-state index in [1.165, 1.54) is 17.7 Å². The molecule has 0 radical (unpaired) electrons. The number of azide groups is 1. The third-order valence-electron chi connectivity index (χ3n) is 7.68. The van der Waals surface area contributed by atoms with Crippen molar-refractivity contribution in [3.63, 3.8) is 0 Å². The minimum atomic E-state index is -4.33. The highest BCUT2D eigenvalue weighted by Gasteiger charge is 2.53. The van der Waals surface area contributed by atoms with Crippen molar-refractivity contribution in [2.45, 2.75) is 38.8 Å². The molecule has 1 aromatic heterocycles. The molecule has 33 heavy (non-hydrogen) atoms. The van der Waals surface area contributed by atoms with Gasteiger partial charge in [0, 0.05) is 16.9 Å². The lowest BCUT2D eigenvalue weighted by molar-refractivity contribution is -0.193. The molecule has 1 fully saturated rings. The van der Waals surface area contributed by atoms with Crippen molar-refractivity contribution in [1.29, 1.82) is 0 Å². The van der Waals surface area contributed by atoms with E-state index in [4.69, 9.17) is 5.53 Å². The van der Waals surface area contributed by atoms with Gasteiger partial charge in [0.05, 0.1) is 23.5 Å². The lowest BCUT2D eigenvalue weighted by Gasteiger charge is -2.51. The molecule has 1 saturated carbocycles. The highest BCUT2D eigenvalue weighted by Crippen LogP contribution is 2.58. The Labute approximate surface area is 188 Å². The molecule has 0 spiro atoms. The van der Waals surface area contributed by atoms with E-state index in [0.29, 0.717) is 19.3 Å². The maximum atomic E-state index is 13.8. The fourth-order valence-corrected chi connectivity index (χ4v) is 6.09. The first kappa shape index (κ1) is 21.8. The van der Waals surface area contributed by atoms with Crippen LogP contribution in [0.5, 0.6) is 0 Å². The molecule has 3 aliphatic rings. The predicted molar refractivity (Wildman–Crippen MR) is 116 cm³/mol. The van der Waals surface area contributed by atoms with Crippen molar-refractivity contribution in [3.8, 4) is 5.69 Å². The van der Waals surface area contributed by atoms with Gasteiger partial charge in [-0.2, -0.15) is 18.3 Å². The average Bonchev–Trinajstić information content (AvgIpc) is 3.17. The fraction of sp³-hybridized carbons (Fsp3) is 0.458. The highest BCUT2D eigenvalue weighted by molar-refractivity contribution is 5.63. The summed E-state index contributed by atoms with van der Waals surface area (Å²) in [5.74, 6) is -2.83. The molecule has 9 heteroatoms. The number of halogens is 4. The average molecular weight is 457 g/mol. The van der Waals surface area contributed by atoms with Gasteiger partial charge in [-0.1, -0.05) is 29.3 Å². The summed E-state index contributed by atoms with van der Waals surface area (Å²) in [5.41, 5.74) is 13.3. The van der Waals surface area contributed by atoms with Crippen LogP contribution in [0.2, 0.25) is 0 Å². The summed E-state index contributed by atoms with van der Waals surface area (Å²) >= 11 is 0. The van der Waals surface area contributed by atoms with Gasteiger partial charge in [-0.25, -0.2) is 9.07 Å². The normalized spacial score (nSPS) is 28.6. The van der Waals surface area contributed by atoms with Gasteiger partial charge in [0.2, 0.25) is 0 Å². The molecule has 3 aliphatic carbocycles. The van der Waals surface area contributed by atoms with Crippen LogP contribution in [-0.4, -0.2) is 22.5 Å². The van der Waals surface area contributed by atoms with E-state index in [1.54, 1.807) is 29.1 Å². The number of hydrogen-bond donors (Lipinski definition) is 0. The second-order valence-electron chi connectivity index (χ2n) is 9.39. The van der Waals surface area contributed by atoms with Gasteiger partial charge in [0.15, 0.2) is 0 Å². The van der Waals surface area contributed by atoms with Crippen molar-refractivity contribution in [2.75, 3.05) is 6.54 Å². The summed E-state index contributed by atoms with van der Waals surface area (Å²) in [4.78, 5) is 2.74. The first-order valence-electron chi connectivity index (χ1n) is 11.0. The molecule has 172 valence electrons. The Balaban J connectivity index is 1.53. The summed E-state index contributed by atoms with van der Waals surface area (Å²) < 4.78 is 56.5. The lowest BCUT2D eigenvalue weighted by Crippen LogP contribution is -2.46. The van der Waals surface area contributed by atoms with Gasteiger partial charge in [-0.15, -0.1) is 0 Å². The summed E-state index contributed by atoms with van der Waals surface area (Å²) in [7, 11) is 0. The zero-order valence-electron chi connectivity index (χ0n) is 18.1. The number of allylic oxidation sites excluding steroid dienone is 3. The van der Waals surface area contributed by atoms with Crippen molar-refractivity contribution in [3.05, 3.63) is 75.2 Å². The van der Waals surface area contributed by atoms with E-state index in [1.807, 2.05) is 0 Å². The standard InChI is InChI=1S/C24H23F4N5/c1-23-11-14-12-31-33(17-5-3-16(25)4-6-17)22(14)10-15(23)2-7-18-19(13-30-32-29)21(24(26,27)28)9-8-20(18)23/h3-6,8,10,12,18-19,21H,2,7,9,11,13H2,1H3/t18-,19-,21-,23+/m1/s1. The number of hydrogen-bond acceptors (Lipinski definition) is 2. The quantitative estimate of drug-likeness (QED) is 0.164. The van der Waals surface area contributed by atoms with Crippen LogP contribution in [-0.2, 0) is 6.42 Å². The third-order valence-corrected chi connectivity index (χ3v) is 7.68. The van der Waals surface area contributed by atoms with Crippen molar-refractivity contribution in [2.24, 2.45) is 28.3 Å². The highest BCUT2D eigenvalue weighted by atomic mass is 19.4. The molecule has 4 atom stereocenters. The Kier molecular flexibility index (Phi) is 5.12. The number of benzene rings is 1. The fourth-order valence-electron chi connectivity index (χ4n) is 6.09. The Hall–Kier alpha value is -3.06. The summed E-state index contributed by atoms with van der Waals surface area (Å²) in [6.45, 7) is 1.96. The molecule has 2 aromatic rings. The van der Waals surface area contributed by atoms with Crippen molar-refractivity contribution >= 4 is 6.08 Å². The molecule has 1 aromatic carbocycles. The third kappa shape index (κ3) is 3.55. The van der Waals surface area contributed by atoms with E-state index < -0.39 is 23.4 Å². The minimum absolute atomic E-state index is 0.0917. The van der Waals surface area contributed by atoms with E-state index in [2.05, 4.69) is 28.1 Å². The van der Waals surface area contributed by atoms with Crippen LogP contribution in [0.1, 0.15) is 37.4 Å². The molecular weight excluding hydrogens is 434 g/mol. The first-order valence-corrected chi connectivity index (χ1v) is 11.0. The number of nitrogens with zero attached hydrogens (tertiary/aromatic N) is 5. The van der Waals surface area contributed by atoms with Crippen LogP contribution in [0.4, 0.5) is 17.6 Å². The molecular formula is C24H23F4N5. The largest absolute Gasteiger partial charge is 0.392 e. The van der Waals surface area contributed by atoms with Crippen LogP contribution >= 0.6 is 0 Å². The summed E-state index contributed by atoms with van der Waals surface area (Å²) in [6, 6.07) is 6.13. The van der Waals surface area contributed by atoms with Crippen LogP contribution in [0.15, 0.2) is 52.8 Å². The topological polar surface area (TPSA) is 66.6 Å². The molecule has 0 saturated heterocycles. The number of fused-ring (bicyclic) bond motifs is 4. The molecule has 0 bridgehead atoms. The Morgan fingerprint density at radius 3 is 2.73 bits per heavy atom. The zero-order valence-corrected chi connectivity index (χ0v) is 18.1. The SMILES string of the molecule is C[C@]12Cc3cnn(-c4ccc(F)cc4)c3C=C1CC[C@H]1C2=CC[C@@H](C(F)(F)F)[C@@H]1CN=[N+]=[N-]. The zero-order chi connectivity index (χ0) is 23.4. The van der Waals surface area contributed by atoms with Gasteiger partial charge in [-0.3, -0.25) is 0 Å². The first-order chi connectivity index (χ1) is 15.7. The Morgan fingerprint density at radius 2 is 2.03 bits per heavy atom. The van der Waals surface area contributed by atoms with Gasteiger partial charge >= 0.3 is 6.18 Å². The van der Waals surface area contributed by atoms with Crippen LogP contribution in [0.3, 0.4) is 0 Å². The number of rotatable bonds is 3.